The lowest BCUT2D eigenvalue weighted by Crippen LogP contribution is -2.47. The molecule has 0 saturated carbocycles. The molecule has 2 aromatic heterocycles. The zero-order chi connectivity index (χ0) is 17.8. The molecule has 134 valence electrons. The van der Waals surface area contributed by atoms with Gasteiger partial charge in [0, 0.05) is 31.9 Å². The summed E-state index contributed by atoms with van der Waals surface area (Å²) in [6.45, 7) is 3.65. The van der Waals surface area contributed by atoms with Gasteiger partial charge in [-0.3, -0.25) is 9.88 Å². The van der Waals surface area contributed by atoms with Crippen LogP contribution in [0.15, 0.2) is 42.7 Å². The minimum Gasteiger partial charge on any atom is -0.371 e. The van der Waals surface area contributed by atoms with Crippen molar-refractivity contribution < 1.29 is 4.74 Å². The van der Waals surface area contributed by atoms with Crippen molar-refractivity contribution in [1.82, 2.24) is 14.9 Å². The second kappa shape index (κ2) is 7.40. The maximum atomic E-state index is 9.00. The Morgan fingerprint density at radius 2 is 2.31 bits per heavy atom. The molecule has 1 spiro atoms. The molecule has 2 saturated heterocycles. The van der Waals surface area contributed by atoms with Gasteiger partial charge in [-0.05, 0) is 43.1 Å². The lowest BCUT2D eigenvalue weighted by Gasteiger charge is -2.39. The molecule has 0 radical (unpaired) electrons. The van der Waals surface area contributed by atoms with Crippen LogP contribution in [0.25, 0.3) is 0 Å². The summed E-state index contributed by atoms with van der Waals surface area (Å²) in [5, 5.41) is 12.4. The largest absolute Gasteiger partial charge is 0.371 e. The Morgan fingerprint density at radius 1 is 1.35 bits per heavy atom. The van der Waals surface area contributed by atoms with E-state index in [1.165, 1.54) is 5.56 Å². The summed E-state index contributed by atoms with van der Waals surface area (Å²) in [5.74, 6) is 0.748. The van der Waals surface area contributed by atoms with Crippen LogP contribution in [0.1, 0.15) is 30.5 Å². The molecule has 6 nitrogen and oxygen atoms in total. The minimum absolute atomic E-state index is 0.0784. The Balaban J connectivity index is 1.37. The van der Waals surface area contributed by atoms with Crippen LogP contribution in [-0.4, -0.2) is 46.2 Å². The van der Waals surface area contributed by atoms with Gasteiger partial charge in [0.2, 0.25) is 0 Å². The highest BCUT2D eigenvalue weighted by atomic mass is 16.5. The van der Waals surface area contributed by atoms with E-state index in [9.17, 15) is 0 Å². The molecular weight excluding hydrogens is 326 g/mol. The van der Waals surface area contributed by atoms with Crippen LogP contribution in [0.4, 0.5) is 5.82 Å². The third-order valence-electron chi connectivity index (χ3n) is 5.17. The van der Waals surface area contributed by atoms with Gasteiger partial charge in [-0.15, -0.1) is 0 Å². The first kappa shape index (κ1) is 17.0. The summed E-state index contributed by atoms with van der Waals surface area (Å²) in [4.78, 5) is 11.0. The number of aromatic nitrogens is 2. The number of rotatable bonds is 4. The molecule has 6 heteroatoms. The van der Waals surface area contributed by atoms with Crippen LogP contribution in [0.3, 0.4) is 0 Å². The normalized spacial score (nSPS) is 25.9. The number of likely N-dealkylation sites (tertiary alicyclic amines) is 1. The monoisotopic (exact) mass is 349 g/mol. The Hall–Kier alpha value is -2.49. The van der Waals surface area contributed by atoms with Gasteiger partial charge in [-0.25, -0.2) is 4.98 Å². The van der Waals surface area contributed by atoms with Gasteiger partial charge in [0.1, 0.15) is 17.6 Å². The summed E-state index contributed by atoms with van der Waals surface area (Å²) < 4.78 is 6.28. The van der Waals surface area contributed by atoms with E-state index in [1.807, 2.05) is 30.6 Å². The van der Waals surface area contributed by atoms with Gasteiger partial charge in [0.25, 0.3) is 0 Å². The minimum atomic E-state index is -0.0784. The lowest BCUT2D eigenvalue weighted by molar-refractivity contribution is -0.0533. The number of nitrogens with zero attached hydrogens (tertiary/aromatic N) is 4. The molecule has 0 aromatic carbocycles. The van der Waals surface area contributed by atoms with Gasteiger partial charge in [0.15, 0.2) is 0 Å². The van der Waals surface area contributed by atoms with Gasteiger partial charge in [0.05, 0.1) is 18.2 Å². The fraction of sp³-hybridized carbons (Fsp3) is 0.450. The van der Waals surface area contributed by atoms with Gasteiger partial charge in [-0.1, -0.05) is 12.1 Å². The summed E-state index contributed by atoms with van der Waals surface area (Å²) in [6, 6.07) is 11.9. The molecule has 2 aliphatic heterocycles. The van der Waals surface area contributed by atoms with Crippen LogP contribution in [0.2, 0.25) is 0 Å². The molecule has 1 N–H and O–H groups in total. The predicted molar refractivity (Wildman–Crippen MR) is 98.4 cm³/mol. The van der Waals surface area contributed by atoms with Crippen molar-refractivity contribution in [2.24, 2.45) is 0 Å². The van der Waals surface area contributed by atoms with Crippen LogP contribution < -0.4 is 5.32 Å². The highest BCUT2D eigenvalue weighted by molar-refractivity contribution is 5.39. The summed E-state index contributed by atoms with van der Waals surface area (Å²) in [5.41, 5.74) is 1.60. The van der Waals surface area contributed by atoms with Crippen molar-refractivity contribution in [3.63, 3.8) is 0 Å². The summed E-state index contributed by atoms with van der Waals surface area (Å²) >= 11 is 0. The van der Waals surface area contributed by atoms with Crippen LogP contribution in [0.5, 0.6) is 0 Å². The van der Waals surface area contributed by atoms with E-state index in [0.29, 0.717) is 12.3 Å². The molecule has 4 heterocycles. The number of hydrogen-bond acceptors (Lipinski definition) is 6. The highest BCUT2D eigenvalue weighted by Gasteiger charge is 2.43. The molecule has 0 aliphatic carbocycles. The fourth-order valence-corrected chi connectivity index (χ4v) is 4.08. The maximum absolute atomic E-state index is 9.00. The first-order valence-corrected chi connectivity index (χ1v) is 9.14. The second-order valence-electron chi connectivity index (χ2n) is 7.23. The lowest BCUT2D eigenvalue weighted by atomic mass is 9.88. The first-order chi connectivity index (χ1) is 12.7. The van der Waals surface area contributed by atoms with E-state index in [-0.39, 0.29) is 11.6 Å². The maximum Gasteiger partial charge on any atom is 0.142 e. The molecule has 2 fully saturated rings. The van der Waals surface area contributed by atoms with E-state index in [4.69, 9.17) is 10.00 Å². The average Bonchev–Trinajstić information content (AvgIpc) is 3.04. The molecule has 0 bridgehead atoms. The van der Waals surface area contributed by atoms with Gasteiger partial charge in [-0.2, -0.15) is 5.26 Å². The number of nitriles is 1. The van der Waals surface area contributed by atoms with Crippen molar-refractivity contribution >= 4 is 5.82 Å². The van der Waals surface area contributed by atoms with Crippen LogP contribution >= 0.6 is 0 Å². The Morgan fingerprint density at radius 3 is 3.15 bits per heavy atom. The number of piperidine rings is 1. The third-order valence-corrected chi connectivity index (χ3v) is 5.17. The number of pyridine rings is 2. The number of ether oxygens (including phenoxy) is 1. The van der Waals surface area contributed by atoms with E-state index in [2.05, 4.69) is 32.3 Å². The number of anilines is 1. The standard InChI is InChI=1S/C20H23N5O/c21-11-17-5-1-6-19(23-17)24-18-10-20(26-14-18)7-3-9-25(15-20)13-16-4-2-8-22-12-16/h1-2,4-6,8,12,18H,3,7,9-10,13-15H2,(H,23,24)/t18-,20-/m1/s1. The van der Waals surface area contributed by atoms with Crippen LogP contribution in [0, 0.1) is 11.3 Å². The topological polar surface area (TPSA) is 74.1 Å². The molecule has 2 aliphatic rings. The zero-order valence-electron chi connectivity index (χ0n) is 14.8. The Bertz CT molecular complexity index is 790. The fourth-order valence-electron chi connectivity index (χ4n) is 4.08. The first-order valence-electron chi connectivity index (χ1n) is 9.14. The van der Waals surface area contributed by atoms with Crippen molar-refractivity contribution in [3.05, 3.63) is 54.0 Å². The van der Waals surface area contributed by atoms with Crippen molar-refractivity contribution in [3.8, 4) is 6.07 Å². The highest BCUT2D eigenvalue weighted by Crippen LogP contribution is 2.36. The van der Waals surface area contributed by atoms with Gasteiger partial charge >= 0.3 is 0 Å². The molecule has 4 rings (SSSR count). The predicted octanol–water partition coefficient (Wildman–Crippen LogP) is 2.58. The van der Waals surface area contributed by atoms with E-state index < -0.39 is 0 Å². The molecule has 2 aromatic rings. The van der Waals surface area contributed by atoms with E-state index in [1.54, 1.807) is 6.07 Å². The molecule has 2 atom stereocenters. The number of hydrogen-bond donors (Lipinski definition) is 1. The van der Waals surface area contributed by atoms with Crippen molar-refractivity contribution in [2.45, 2.75) is 37.5 Å². The zero-order valence-corrected chi connectivity index (χ0v) is 14.8. The van der Waals surface area contributed by atoms with Crippen LogP contribution in [-0.2, 0) is 11.3 Å². The number of nitrogens with one attached hydrogen (secondary N) is 1. The van der Waals surface area contributed by atoms with E-state index >= 15 is 0 Å². The third kappa shape index (κ3) is 3.85. The molecular formula is C20H23N5O. The quantitative estimate of drug-likeness (QED) is 0.914. The molecule has 26 heavy (non-hydrogen) atoms. The second-order valence-corrected chi connectivity index (χ2v) is 7.23. The summed E-state index contributed by atoms with van der Waals surface area (Å²) in [6.07, 6.45) is 6.96. The Kier molecular flexibility index (Phi) is 4.83. The SMILES string of the molecule is N#Cc1cccc(N[C@H]2CO[C@]3(CCCN(Cc4cccnc4)C3)C2)n1. The molecule has 0 amide bonds. The molecule has 0 unspecified atom stereocenters. The van der Waals surface area contributed by atoms with Crippen molar-refractivity contribution in [2.75, 3.05) is 25.0 Å². The van der Waals surface area contributed by atoms with Gasteiger partial charge < -0.3 is 10.1 Å². The summed E-state index contributed by atoms with van der Waals surface area (Å²) in [7, 11) is 0. The smallest absolute Gasteiger partial charge is 0.142 e. The van der Waals surface area contributed by atoms with Crippen molar-refractivity contribution in [1.29, 1.82) is 5.26 Å². The average molecular weight is 349 g/mol. The Labute approximate surface area is 153 Å². The van der Waals surface area contributed by atoms with E-state index in [0.717, 1.165) is 44.7 Å².